The van der Waals surface area contributed by atoms with E-state index in [2.05, 4.69) is 240 Å². The topological polar surface area (TPSA) is 169 Å². The van der Waals surface area contributed by atoms with Crippen LogP contribution in [0.4, 0.5) is 0 Å². The second kappa shape index (κ2) is 63.6. The van der Waals surface area contributed by atoms with Gasteiger partial charge in [0.2, 0.25) is 5.91 Å². The minimum Gasteiger partial charge on any atom is -0.356 e. The SMILES string of the molecule is C=C(CCCCCCCCCCC)C(C)(C)C.CCC(=O)NCCCCCCCCCCC(=O)C(C)(C)C.CCCCCCCn1cc(CC(C)(C)C)nn1.CCc1cn(CCCCC#CC(C)(C)C)nn1.CCc1cn(CCCCCC#CC(C)(C)C)nn1.CCc1cn(CCCCCCC#CC(C)(C)C)nn1. The number of hydrogen-bond donors (Lipinski definition) is 1. The largest absolute Gasteiger partial charge is 0.356 e. The number of unbranched alkanes of at least 4 members (excludes halogenated alkanes) is 28. The fraction of sp³-hybridized carbons (Fsp3) is 0.809. The quantitative estimate of drug-likeness (QED) is 0.0255. The van der Waals surface area contributed by atoms with Crippen molar-refractivity contribution in [2.24, 2.45) is 32.5 Å². The highest BCUT2D eigenvalue weighted by Gasteiger charge is 2.20. The number of carbonyl (C=O) groups is 2. The normalized spacial score (nSPS) is 11.4. The van der Waals surface area contributed by atoms with Crippen LogP contribution in [0.3, 0.4) is 0 Å². The van der Waals surface area contributed by atoms with Crippen LogP contribution in [-0.2, 0) is 61.5 Å². The monoisotopic (exact) mass is 1510 g/mol. The average Bonchev–Trinajstić information content (AvgIpc) is 1.80. The summed E-state index contributed by atoms with van der Waals surface area (Å²) in [6.45, 7) is 60.5. The maximum absolute atomic E-state index is 11.7. The highest BCUT2D eigenvalue weighted by Crippen LogP contribution is 2.28. The number of Topliss-reactive ketones (excluding diaryl/α,β-unsaturated/α-hetero) is 1. The van der Waals surface area contributed by atoms with Crippen LogP contribution in [0.15, 0.2) is 36.9 Å². The molecule has 0 spiro atoms. The van der Waals surface area contributed by atoms with Gasteiger partial charge < -0.3 is 5.32 Å². The molecule has 0 radical (unpaired) electrons. The molecule has 0 bridgehead atoms. The maximum Gasteiger partial charge on any atom is 0.219 e. The highest BCUT2D eigenvalue weighted by molar-refractivity contribution is 5.83. The Morgan fingerprint density at radius 3 is 0.954 bits per heavy atom. The number of allylic oxidation sites excluding steroid dienone is 1. The third kappa shape index (κ3) is 70.9. The third-order valence-corrected chi connectivity index (χ3v) is 18.0. The Morgan fingerprint density at radius 1 is 0.358 bits per heavy atom. The molecule has 0 aliphatic heterocycles. The smallest absolute Gasteiger partial charge is 0.219 e. The van der Waals surface area contributed by atoms with Gasteiger partial charge in [-0.2, -0.15) is 0 Å². The van der Waals surface area contributed by atoms with E-state index in [-0.39, 0.29) is 27.6 Å². The van der Waals surface area contributed by atoms with Gasteiger partial charge in [0.25, 0.3) is 0 Å². The van der Waals surface area contributed by atoms with E-state index >= 15 is 0 Å². The van der Waals surface area contributed by atoms with Gasteiger partial charge in [0, 0.05) is 111 Å². The van der Waals surface area contributed by atoms with Crippen molar-refractivity contribution in [3.63, 3.8) is 0 Å². The summed E-state index contributed by atoms with van der Waals surface area (Å²) < 4.78 is 7.82. The lowest BCUT2D eigenvalue weighted by molar-refractivity contribution is -0.126. The number of nitrogens with one attached hydrogen (secondary N) is 1. The Kier molecular flexibility index (Phi) is 61.4. The molecule has 4 aromatic rings. The second-order valence-corrected chi connectivity index (χ2v) is 36.6. The van der Waals surface area contributed by atoms with Gasteiger partial charge in [0.1, 0.15) is 5.78 Å². The maximum atomic E-state index is 11.7. The summed E-state index contributed by atoms with van der Waals surface area (Å²) in [5.41, 5.74) is 6.59. The van der Waals surface area contributed by atoms with Crippen LogP contribution in [0.25, 0.3) is 0 Å². The molecule has 1 amide bonds. The first-order valence-corrected chi connectivity index (χ1v) is 43.9. The number of hydrogen-bond acceptors (Lipinski definition) is 10. The minimum atomic E-state index is -0.173. The third-order valence-electron chi connectivity index (χ3n) is 18.0. The summed E-state index contributed by atoms with van der Waals surface area (Å²) in [5, 5.41) is 35.8. The number of aryl methyl sites for hydroxylation is 7. The molecule has 4 rings (SSSR count). The summed E-state index contributed by atoms with van der Waals surface area (Å²) in [6.07, 6.45) is 57.1. The molecule has 624 valence electrons. The second-order valence-electron chi connectivity index (χ2n) is 36.6. The molecule has 4 aromatic heterocycles. The molecule has 4 heterocycles. The van der Waals surface area contributed by atoms with Gasteiger partial charge in [0.15, 0.2) is 0 Å². The predicted molar refractivity (Wildman–Crippen MR) is 467 cm³/mol. The van der Waals surface area contributed by atoms with Crippen molar-refractivity contribution in [2.75, 3.05) is 6.54 Å². The van der Waals surface area contributed by atoms with Crippen molar-refractivity contribution in [2.45, 2.75) is 456 Å². The molecule has 0 unspecified atom stereocenters. The van der Waals surface area contributed by atoms with Crippen molar-refractivity contribution in [3.05, 3.63) is 59.7 Å². The number of aromatic nitrogens is 12. The summed E-state index contributed by atoms with van der Waals surface area (Å²) in [4.78, 5) is 22.8. The van der Waals surface area contributed by atoms with Crippen LogP contribution in [0.2, 0.25) is 0 Å². The van der Waals surface area contributed by atoms with Gasteiger partial charge in [-0.3, -0.25) is 28.3 Å². The molecule has 0 fully saturated rings. The van der Waals surface area contributed by atoms with E-state index < -0.39 is 0 Å². The molecule has 1 N–H and O–H groups in total. The molecule has 15 nitrogen and oxygen atoms in total. The van der Waals surface area contributed by atoms with E-state index in [1.165, 1.54) is 179 Å². The molecule has 0 saturated heterocycles. The van der Waals surface area contributed by atoms with Crippen LogP contribution in [0.5, 0.6) is 0 Å². The number of rotatable bonds is 47. The van der Waals surface area contributed by atoms with Crippen LogP contribution in [-0.4, -0.2) is 78.2 Å². The zero-order valence-electron chi connectivity index (χ0n) is 75.7. The van der Waals surface area contributed by atoms with Gasteiger partial charge in [-0.1, -0.05) is 289 Å². The lowest BCUT2D eigenvalue weighted by Gasteiger charge is -2.21. The number of carbonyl (C=O) groups excluding carboxylic acids is 2. The predicted octanol–water partition coefficient (Wildman–Crippen LogP) is 25.3. The van der Waals surface area contributed by atoms with Crippen molar-refractivity contribution < 1.29 is 9.59 Å². The fourth-order valence-electron chi connectivity index (χ4n) is 11.0. The first-order chi connectivity index (χ1) is 51.4. The Labute approximate surface area is 672 Å². The Bertz CT molecular complexity index is 3040. The Morgan fingerprint density at radius 2 is 0.642 bits per heavy atom. The number of ketones is 1. The van der Waals surface area contributed by atoms with E-state index in [1.54, 1.807) is 0 Å². The van der Waals surface area contributed by atoms with Crippen LogP contribution in [0, 0.1) is 68.0 Å². The Balaban J connectivity index is 0. The fourth-order valence-corrected chi connectivity index (χ4v) is 11.0. The first kappa shape index (κ1) is 105. The molecule has 109 heavy (non-hydrogen) atoms. The van der Waals surface area contributed by atoms with E-state index in [9.17, 15) is 9.59 Å². The van der Waals surface area contributed by atoms with Crippen molar-refractivity contribution >= 4 is 11.7 Å². The van der Waals surface area contributed by atoms with Crippen LogP contribution in [0.1, 0.15) is 427 Å². The van der Waals surface area contributed by atoms with Gasteiger partial charge in [-0.05, 0) is 169 Å². The van der Waals surface area contributed by atoms with Gasteiger partial charge >= 0.3 is 0 Å². The molecule has 0 saturated carbocycles. The van der Waals surface area contributed by atoms with Crippen molar-refractivity contribution in [1.82, 2.24) is 65.3 Å². The standard InChI is InChI=1S/C18H35NO2.C17H34.C16H27N3.C15H25N3.C14H23N3.C14H27N3/c1-5-17(21)19-15-13-11-9-7-6-8-10-12-14-16(20)18(2,3)4;1-6-7-8-9-10-11-12-13-14-15-16(2)17(3,4)5;1-5-15-14-19(18-17-15)13-11-9-7-6-8-10-12-16(2,3)4;1-5-14-13-18(17-16-14)12-10-8-6-7-9-11-15(2,3)4;1-5-13-12-17(16-15-13)11-9-7-6-8-10-14(2,3)4;1-5-6-7-8-9-10-17-12-13(15-16-17)11-14(2,3)4/h5-15H2,1-4H3,(H,19,21);2,6-15H2,1,3-5H3;14H,5-9,11,13H2,1-4H3;13H,5-8,10,12H2,1-4H3;12H,5-7,9,11H2,1-4H3;12H,5-11H2,1-4H3. The number of nitrogens with zero attached hydrogens (tertiary/aromatic N) is 12. The van der Waals surface area contributed by atoms with E-state index in [4.69, 9.17) is 0 Å². The molecular weight excluding hydrogens is 1340 g/mol. The van der Waals surface area contributed by atoms with E-state index in [1.807, 2.05) is 58.8 Å². The zero-order valence-corrected chi connectivity index (χ0v) is 75.7. The lowest BCUT2D eigenvalue weighted by Crippen LogP contribution is -2.23. The molecular formula is C94H171N13O2. The zero-order chi connectivity index (χ0) is 82.3. The first-order valence-electron chi connectivity index (χ1n) is 43.9. The highest BCUT2D eigenvalue weighted by atomic mass is 16.1. The summed E-state index contributed by atoms with van der Waals surface area (Å²) in [5.74, 6) is 20.1. The van der Waals surface area contributed by atoms with Crippen molar-refractivity contribution in [1.29, 1.82) is 0 Å². The minimum absolute atomic E-state index is 0.127. The van der Waals surface area contributed by atoms with E-state index in [0.717, 1.165) is 139 Å². The lowest BCUT2D eigenvalue weighted by atomic mass is 9.84. The molecule has 15 heteroatoms. The Hall–Kier alpha value is -5.88. The van der Waals surface area contributed by atoms with E-state index in [0.29, 0.717) is 23.0 Å². The van der Waals surface area contributed by atoms with Gasteiger partial charge in [-0.15, -0.1) is 38.2 Å². The molecule has 0 atom stereocenters. The van der Waals surface area contributed by atoms with Crippen LogP contribution < -0.4 is 5.32 Å². The summed E-state index contributed by atoms with van der Waals surface area (Å²) in [6, 6.07) is 0. The molecule has 0 aliphatic rings. The summed E-state index contributed by atoms with van der Waals surface area (Å²) in [7, 11) is 0. The number of amides is 1. The van der Waals surface area contributed by atoms with Crippen molar-refractivity contribution in [3.8, 4) is 35.5 Å². The van der Waals surface area contributed by atoms with Crippen LogP contribution >= 0.6 is 0 Å². The molecule has 0 aliphatic carbocycles. The summed E-state index contributed by atoms with van der Waals surface area (Å²) >= 11 is 0. The molecule has 0 aromatic carbocycles. The van der Waals surface area contributed by atoms with Gasteiger partial charge in [-0.25, -0.2) is 0 Å². The van der Waals surface area contributed by atoms with Gasteiger partial charge in [0.05, 0.1) is 22.8 Å². The average molecular weight is 1520 g/mol.